The van der Waals surface area contributed by atoms with Crippen LogP contribution in [-0.4, -0.2) is 35.6 Å². The Morgan fingerprint density at radius 2 is 2.25 bits per heavy atom. The first kappa shape index (κ1) is 9.52. The Labute approximate surface area is 73.4 Å². The molecule has 3 nitrogen and oxygen atoms in total. The molecule has 0 aromatic heterocycles. The highest BCUT2D eigenvalue weighted by Gasteiger charge is 2.30. The van der Waals surface area contributed by atoms with Crippen LogP contribution in [0.2, 0.25) is 0 Å². The molecule has 1 saturated heterocycles. The van der Waals surface area contributed by atoms with Crippen molar-refractivity contribution >= 4 is 5.91 Å². The summed E-state index contributed by atoms with van der Waals surface area (Å²) in [5, 5.41) is 8.65. The van der Waals surface area contributed by atoms with Crippen molar-refractivity contribution in [1.29, 1.82) is 0 Å². The van der Waals surface area contributed by atoms with E-state index in [1.807, 2.05) is 0 Å². The van der Waals surface area contributed by atoms with Crippen LogP contribution in [0.1, 0.15) is 20.3 Å². The zero-order chi connectivity index (χ0) is 9.14. The van der Waals surface area contributed by atoms with Gasteiger partial charge in [-0.2, -0.15) is 0 Å². The first-order valence-corrected chi connectivity index (χ1v) is 4.57. The van der Waals surface area contributed by atoms with E-state index in [4.69, 9.17) is 5.11 Å². The van der Waals surface area contributed by atoms with E-state index in [0.29, 0.717) is 11.8 Å². The lowest BCUT2D eigenvalue weighted by Crippen LogP contribution is -2.31. The fourth-order valence-electron chi connectivity index (χ4n) is 1.87. The summed E-state index contributed by atoms with van der Waals surface area (Å²) in [5.74, 6) is 1.09. The van der Waals surface area contributed by atoms with Gasteiger partial charge in [0.05, 0.1) is 0 Å². The number of carbonyl (C=O) groups is 1. The Hall–Kier alpha value is -0.570. The molecule has 1 rings (SSSR count). The maximum atomic E-state index is 11.1. The molecule has 0 aromatic rings. The van der Waals surface area contributed by atoms with Crippen LogP contribution >= 0.6 is 0 Å². The van der Waals surface area contributed by atoms with Gasteiger partial charge in [-0.25, -0.2) is 0 Å². The van der Waals surface area contributed by atoms with Gasteiger partial charge in [-0.15, -0.1) is 0 Å². The molecule has 1 heterocycles. The topological polar surface area (TPSA) is 40.5 Å². The standard InChI is InChI=1S/C9H17NO2/c1-3-8-5-10(4-7(8)2)9(12)6-11/h7-8,11H,3-6H2,1-2H3. The van der Waals surface area contributed by atoms with Gasteiger partial charge in [0.25, 0.3) is 0 Å². The lowest BCUT2D eigenvalue weighted by molar-refractivity contribution is -0.133. The first-order valence-electron chi connectivity index (χ1n) is 4.57. The summed E-state index contributed by atoms with van der Waals surface area (Å²) < 4.78 is 0. The van der Waals surface area contributed by atoms with Gasteiger partial charge < -0.3 is 10.0 Å². The molecule has 0 bridgehead atoms. The smallest absolute Gasteiger partial charge is 0.248 e. The molecule has 1 fully saturated rings. The van der Waals surface area contributed by atoms with Gasteiger partial charge in [0.15, 0.2) is 0 Å². The second kappa shape index (κ2) is 3.90. The number of rotatable bonds is 2. The SMILES string of the molecule is CCC1CN(C(=O)CO)CC1C. The Kier molecular flexibility index (Phi) is 3.09. The summed E-state index contributed by atoms with van der Waals surface area (Å²) in [7, 11) is 0. The van der Waals surface area contributed by atoms with Crippen molar-refractivity contribution in [2.45, 2.75) is 20.3 Å². The molecule has 2 atom stereocenters. The van der Waals surface area contributed by atoms with Crippen molar-refractivity contribution in [2.24, 2.45) is 11.8 Å². The van der Waals surface area contributed by atoms with Gasteiger partial charge in [0.2, 0.25) is 5.91 Å². The molecule has 1 aliphatic rings. The summed E-state index contributed by atoms with van der Waals surface area (Å²) >= 11 is 0. The number of carbonyl (C=O) groups excluding carboxylic acids is 1. The third-order valence-corrected chi connectivity index (χ3v) is 2.78. The highest BCUT2D eigenvalue weighted by Crippen LogP contribution is 2.25. The molecule has 2 unspecified atom stereocenters. The van der Waals surface area contributed by atoms with Crippen LogP contribution in [0.5, 0.6) is 0 Å². The molecular formula is C9H17NO2. The van der Waals surface area contributed by atoms with Crippen LogP contribution < -0.4 is 0 Å². The van der Waals surface area contributed by atoms with E-state index in [1.165, 1.54) is 0 Å². The highest BCUT2D eigenvalue weighted by molar-refractivity contribution is 5.77. The maximum Gasteiger partial charge on any atom is 0.248 e. The Morgan fingerprint density at radius 3 is 2.67 bits per heavy atom. The van der Waals surface area contributed by atoms with Gasteiger partial charge in [-0.1, -0.05) is 20.3 Å². The number of amides is 1. The minimum Gasteiger partial charge on any atom is -0.387 e. The minimum absolute atomic E-state index is 0.127. The summed E-state index contributed by atoms with van der Waals surface area (Å²) in [5.41, 5.74) is 0. The summed E-state index contributed by atoms with van der Waals surface area (Å²) in [6.45, 7) is 5.62. The lowest BCUT2D eigenvalue weighted by Gasteiger charge is -2.13. The zero-order valence-corrected chi connectivity index (χ0v) is 7.79. The average molecular weight is 171 g/mol. The van der Waals surface area contributed by atoms with Gasteiger partial charge in [0, 0.05) is 13.1 Å². The van der Waals surface area contributed by atoms with Gasteiger partial charge in [-0.3, -0.25) is 4.79 Å². The molecule has 0 aliphatic carbocycles. The molecule has 0 radical (unpaired) electrons. The number of aliphatic hydroxyl groups is 1. The van der Waals surface area contributed by atoms with Gasteiger partial charge >= 0.3 is 0 Å². The van der Waals surface area contributed by atoms with Crippen LogP contribution in [0.4, 0.5) is 0 Å². The lowest BCUT2D eigenvalue weighted by atomic mass is 9.96. The van der Waals surface area contributed by atoms with Crippen LogP contribution in [0, 0.1) is 11.8 Å². The van der Waals surface area contributed by atoms with Crippen LogP contribution in [0.3, 0.4) is 0 Å². The van der Waals surface area contributed by atoms with Crippen LogP contribution in [0.25, 0.3) is 0 Å². The Morgan fingerprint density at radius 1 is 1.58 bits per heavy atom. The van der Waals surface area contributed by atoms with E-state index in [0.717, 1.165) is 19.5 Å². The van der Waals surface area contributed by atoms with Crippen molar-refractivity contribution in [3.8, 4) is 0 Å². The van der Waals surface area contributed by atoms with Crippen molar-refractivity contribution in [3.63, 3.8) is 0 Å². The Bertz CT molecular complexity index is 170. The zero-order valence-electron chi connectivity index (χ0n) is 7.79. The minimum atomic E-state index is -0.344. The van der Waals surface area contributed by atoms with E-state index in [1.54, 1.807) is 4.90 Å². The second-order valence-electron chi connectivity index (χ2n) is 3.60. The van der Waals surface area contributed by atoms with Gasteiger partial charge in [-0.05, 0) is 11.8 Å². The first-order chi connectivity index (χ1) is 5.69. The molecule has 0 saturated carbocycles. The quantitative estimate of drug-likeness (QED) is 0.656. The van der Waals surface area contributed by atoms with Gasteiger partial charge in [0.1, 0.15) is 6.61 Å². The summed E-state index contributed by atoms with van der Waals surface area (Å²) in [6, 6.07) is 0. The number of aliphatic hydroxyl groups excluding tert-OH is 1. The molecule has 0 spiro atoms. The monoisotopic (exact) mass is 171 g/mol. The fourth-order valence-corrected chi connectivity index (χ4v) is 1.87. The van der Waals surface area contributed by atoms with Crippen molar-refractivity contribution in [2.75, 3.05) is 19.7 Å². The third-order valence-electron chi connectivity index (χ3n) is 2.78. The number of hydrogen-bond donors (Lipinski definition) is 1. The van der Waals surface area contributed by atoms with E-state index in [9.17, 15) is 4.79 Å². The summed E-state index contributed by atoms with van der Waals surface area (Å²) in [6.07, 6.45) is 1.12. The van der Waals surface area contributed by atoms with E-state index in [-0.39, 0.29) is 12.5 Å². The normalized spacial score (nSPS) is 29.4. The van der Waals surface area contributed by atoms with E-state index in [2.05, 4.69) is 13.8 Å². The molecule has 1 amide bonds. The molecule has 3 heteroatoms. The Balaban J connectivity index is 2.48. The predicted octanol–water partition coefficient (Wildman–Crippen LogP) is 0.483. The van der Waals surface area contributed by atoms with Crippen molar-refractivity contribution < 1.29 is 9.90 Å². The molecule has 70 valence electrons. The molecule has 1 N–H and O–H groups in total. The molecule has 12 heavy (non-hydrogen) atoms. The third kappa shape index (κ3) is 1.78. The fraction of sp³-hybridized carbons (Fsp3) is 0.889. The van der Waals surface area contributed by atoms with E-state index < -0.39 is 0 Å². The number of likely N-dealkylation sites (tertiary alicyclic amines) is 1. The summed E-state index contributed by atoms with van der Waals surface area (Å²) in [4.78, 5) is 12.9. The molecule has 0 aromatic carbocycles. The van der Waals surface area contributed by atoms with Crippen molar-refractivity contribution in [1.82, 2.24) is 4.90 Å². The molecular weight excluding hydrogens is 154 g/mol. The highest BCUT2D eigenvalue weighted by atomic mass is 16.3. The van der Waals surface area contributed by atoms with Crippen molar-refractivity contribution in [3.05, 3.63) is 0 Å². The average Bonchev–Trinajstić information content (AvgIpc) is 2.45. The maximum absolute atomic E-state index is 11.1. The predicted molar refractivity (Wildman–Crippen MR) is 46.6 cm³/mol. The van der Waals surface area contributed by atoms with Crippen LogP contribution in [-0.2, 0) is 4.79 Å². The largest absolute Gasteiger partial charge is 0.387 e. The van der Waals surface area contributed by atoms with E-state index >= 15 is 0 Å². The molecule has 1 aliphatic heterocycles. The second-order valence-corrected chi connectivity index (χ2v) is 3.60. The number of hydrogen-bond acceptors (Lipinski definition) is 2. The number of nitrogens with zero attached hydrogens (tertiary/aromatic N) is 1. The van der Waals surface area contributed by atoms with Crippen LogP contribution in [0.15, 0.2) is 0 Å².